The van der Waals surface area contributed by atoms with Gasteiger partial charge in [-0.3, -0.25) is 4.98 Å². The average Bonchev–Trinajstić information content (AvgIpc) is 2.86. The van der Waals surface area contributed by atoms with Crippen molar-refractivity contribution in [1.82, 2.24) is 15.3 Å². The van der Waals surface area contributed by atoms with Gasteiger partial charge in [0.05, 0.1) is 19.2 Å². The molecule has 1 N–H and O–H groups in total. The van der Waals surface area contributed by atoms with E-state index in [1.165, 1.54) is 5.56 Å². The molecule has 0 bridgehead atoms. The van der Waals surface area contributed by atoms with Crippen molar-refractivity contribution in [2.24, 2.45) is 5.92 Å². The third-order valence-corrected chi connectivity index (χ3v) is 6.25. The minimum Gasteiger partial charge on any atom is -0.491 e. The van der Waals surface area contributed by atoms with Gasteiger partial charge in [0, 0.05) is 30.9 Å². The van der Waals surface area contributed by atoms with Crippen LogP contribution >= 0.6 is 0 Å². The van der Waals surface area contributed by atoms with Crippen molar-refractivity contribution in [3.63, 3.8) is 0 Å². The molecule has 0 amide bonds. The van der Waals surface area contributed by atoms with E-state index in [1.54, 1.807) is 13.3 Å². The van der Waals surface area contributed by atoms with Crippen molar-refractivity contribution in [2.45, 2.75) is 38.3 Å². The molecule has 2 aromatic heterocycles. The Bertz CT molecular complexity index is 1070. The molecule has 0 spiro atoms. The summed E-state index contributed by atoms with van der Waals surface area (Å²) >= 11 is 0. The third kappa shape index (κ3) is 4.72. The first-order valence-electron chi connectivity index (χ1n) is 11.3. The maximum Gasteiger partial charge on any atom is 0.213 e. The Morgan fingerprint density at radius 2 is 1.84 bits per heavy atom. The van der Waals surface area contributed by atoms with Crippen LogP contribution < -0.4 is 24.3 Å². The Balaban J connectivity index is 1.10. The Hall–Kier alpha value is -3.06. The fourth-order valence-electron chi connectivity index (χ4n) is 4.41. The largest absolute Gasteiger partial charge is 0.491 e. The van der Waals surface area contributed by atoms with Gasteiger partial charge in [-0.2, -0.15) is 0 Å². The molecule has 0 atom stereocenters. The van der Waals surface area contributed by atoms with Crippen molar-refractivity contribution in [3.05, 3.63) is 48.2 Å². The van der Waals surface area contributed by atoms with Crippen LogP contribution in [0.25, 0.3) is 11.0 Å². The normalized spacial score (nSPS) is 20.2. The third-order valence-electron chi connectivity index (χ3n) is 6.25. The number of rotatable bonds is 7. The van der Waals surface area contributed by atoms with Gasteiger partial charge in [-0.25, -0.2) is 4.98 Å². The predicted octanol–water partition coefficient (Wildman–Crippen LogP) is 4.14. The van der Waals surface area contributed by atoms with Gasteiger partial charge in [0.2, 0.25) is 5.88 Å². The summed E-state index contributed by atoms with van der Waals surface area (Å²) in [6, 6.07) is 12.4. The summed E-state index contributed by atoms with van der Waals surface area (Å²) in [5, 5.41) is 3.71. The minimum atomic E-state index is 0.534. The van der Waals surface area contributed by atoms with Crippen LogP contribution in [0.5, 0.6) is 23.1 Å². The highest BCUT2D eigenvalue weighted by Crippen LogP contribution is 2.31. The number of pyridine rings is 2. The zero-order valence-electron chi connectivity index (χ0n) is 18.4. The highest BCUT2D eigenvalue weighted by Gasteiger charge is 2.22. The summed E-state index contributed by atoms with van der Waals surface area (Å²) in [6.07, 6.45) is 6.38. The Labute approximate surface area is 188 Å². The van der Waals surface area contributed by atoms with Gasteiger partial charge >= 0.3 is 0 Å². The average molecular weight is 436 g/mol. The molecule has 3 heterocycles. The molecule has 0 unspecified atom stereocenters. The standard InChI is InChI=1S/C25H29N3O4/c1-29-24-9-7-20-25(28-24)22(10-11-26-20)32-16-17-2-5-19(6-3-17)27-15-18-4-8-21-23(14-18)31-13-12-30-21/h4,7-11,14,17,19,27H,2-3,5-6,12-13,15-16H2,1H3. The predicted molar refractivity (Wildman–Crippen MR) is 122 cm³/mol. The second-order valence-electron chi connectivity index (χ2n) is 8.42. The van der Waals surface area contributed by atoms with E-state index >= 15 is 0 Å². The summed E-state index contributed by atoms with van der Waals surface area (Å²) in [5.41, 5.74) is 2.80. The fraction of sp³-hybridized carbons (Fsp3) is 0.440. The van der Waals surface area contributed by atoms with Crippen LogP contribution in [0.2, 0.25) is 0 Å². The Morgan fingerprint density at radius 1 is 1.00 bits per heavy atom. The first-order chi connectivity index (χ1) is 15.8. The van der Waals surface area contributed by atoms with Crippen LogP contribution in [0.15, 0.2) is 42.6 Å². The first-order valence-corrected chi connectivity index (χ1v) is 11.3. The first kappa shape index (κ1) is 20.8. The van der Waals surface area contributed by atoms with E-state index in [4.69, 9.17) is 18.9 Å². The van der Waals surface area contributed by atoms with Gasteiger partial charge in [0.25, 0.3) is 0 Å². The maximum atomic E-state index is 6.17. The summed E-state index contributed by atoms with van der Waals surface area (Å²) in [4.78, 5) is 8.88. The van der Waals surface area contributed by atoms with Gasteiger partial charge in [0.15, 0.2) is 11.5 Å². The summed E-state index contributed by atoms with van der Waals surface area (Å²) in [5.74, 6) is 3.59. The number of fused-ring (bicyclic) bond motifs is 2. The molecule has 7 heteroatoms. The van der Waals surface area contributed by atoms with E-state index in [-0.39, 0.29) is 0 Å². The van der Waals surface area contributed by atoms with Crippen molar-refractivity contribution >= 4 is 11.0 Å². The number of ether oxygens (including phenoxy) is 4. The van der Waals surface area contributed by atoms with Gasteiger partial charge in [-0.05, 0) is 55.4 Å². The van der Waals surface area contributed by atoms with Gasteiger partial charge in [-0.1, -0.05) is 6.07 Å². The molecule has 2 aliphatic rings. The molecule has 32 heavy (non-hydrogen) atoms. The molecular formula is C25H29N3O4. The Kier molecular flexibility index (Phi) is 6.25. The van der Waals surface area contributed by atoms with Crippen LogP contribution in [-0.2, 0) is 6.54 Å². The second-order valence-corrected chi connectivity index (χ2v) is 8.42. The molecule has 5 rings (SSSR count). The van der Waals surface area contributed by atoms with E-state index in [9.17, 15) is 0 Å². The van der Waals surface area contributed by atoms with Gasteiger partial charge in [0.1, 0.15) is 24.5 Å². The van der Waals surface area contributed by atoms with Crippen LogP contribution in [0.1, 0.15) is 31.2 Å². The summed E-state index contributed by atoms with van der Waals surface area (Å²) in [7, 11) is 1.62. The number of methoxy groups -OCH3 is 1. The summed E-state index contributed by atoms with van der Waals surface area (Å²) < 4.78 is 22.7. The van der Waals surface area contributed by atoms with Crippen LogP contribution in [0, 0.1) is 5.92 Å². The molecular weight excluding hydrogens is 406 g/mol. The smallest absolute Gasteiger partial charge is 0.213 e. The number of benzene rings is 1. The molecule has 1 fully saturated rings. The van der Waals surface area contributed by atoms with E-state index in [1.807, 2.05) is 24.3 Å². The summed E-state index contributed by atoms with van der Waals surface area (Å²) in [6.45, 7) is 2.79. The van der Waals surface area contributed by atoms with Crippen LogP contribution in [-0.4, -0.2) is 42.9 Å². The molecule has 3 aromatic rings. The molecule has 168 valence electrons. The number of nitrogens with zero attached hydrogens (tertiary/aromatic N) is 2. The monoisotopic (exact) mass is 435 g/mol. The highest BCUT2D eigenvalue weighted by molar-refractivity contribution is 5.81. The number of hydrogen-bond acceptors (Lipinski definition) is 7. The number of hydrogen-bond donors (Lipinski definition) is 1. The molecule has 1 aliphatic carbocycles. The second kappa shape index (κ2) is 9.61. The van der Waals surface area contributed by atoms with Crippen molar-refractivity contribution < 1.29 is 18.9 Å². The van der Waals surface area contributed by atoms with E-state index in [0.29, 0.717) is 37.7 Å². The Morgan fingerprint density at radius 3 is 2.69 bits per heavy atom. The van der Waals surface area contributed by atoms with Gasteiger partial charge in [-0.15, -0.1) is 0 Å². The lowest BCUT2D eigenvalue weighted by molar-refractivity contribution is 0.171. The minimum absolute atomic E-state index is 0.534. The molecule has 1 aliphatic heterocycles. The number of nitrogens with one attached hydrogen (secondary N) is 1. The van der Waals surface area contributed by atoms with Crippen LogP contribution in [0.4, 0.5) is 0 Å². The van der Waals surface area contributed by atoms with E-state index in [2.05, 4.69) is 27.4 Å². The molecule has 1 aromatic carbocycles. The zero-order valence-corrected chi connectivity index (χ0v) is 18.4. The van der Waals surface area contributed by atoms with Crippen LogP contribution in [0.3, 0.4) is 0 Å². The lowest BCUT2D eigenvalue weighted by Crippen LogP contribution is -2.34. The lowest BCUT2D eigenvalue weighted by Gasteiger charge is -2.29. The molecule has 1 saturated carbocycles. The molecule has 0 saturated heterocycles. The highest BCUT2D eigenvalue weighted by atomic mass is 16.6. The van der Waals surface area contributed by atoms with Crippen molar-refractivity contribution in [2.75, 3.05) is 26.9 Å². The fourth-order valence-corrected chi connectivity index (χ4v) is 4.41. The lowest BCUT2D eigenvalue weighted by atomic mass is 9.86. The molecule has 7 nitrogen and oxygen atoms in total. The molecule has 0 radical (unpaired) electrons. The van der Waals surface area contributed by atoms with Crippen molar-refractivity contribution in [1.29, 1.82) is 0 Å². The van der Waals surface area contributed by atoms with Gasteiger partial charge < -0.3 is 24.3 Å². The maximum absolute atomic E-state index is 6.17. The number of aromatic nitrogens is 2. The quantitative estimate of drug-likeness (QED) is 0.598. The van der Waals surface area contributed by atoms with Crippen molar-refractivity contribution in [3.8, 4) is 23.1 Å². The van der Waals surface area contributed by atoms with E-state index in [0.717, 1.165) is 60.5 Å². The van der Waals surface area contributed by atoms with E-state index < -0.39 is 0 Å². The topological polar surface area (TPSA) is 74.7 Å². The SMILES string of the molecule is COc1ccc2nccc(OCC3CCC(NCc4ccc5c(c4)OCCO5)CC3)c2n1. The zero-order chi connectivity index (χ0) is 21.8.